The van der Waals surface area contributed by atoms with Gasteiger partial charge in [-0.1, -0.05) is 25.1 Å². The molecule has 0 radical (unpaired) electrons. The second-order valence-corrected chi connectivity index (χ2v) is 6.17. The van der Waals surface area contributed by atoms with Crippen LogP contribution in [0.5, 0.6) is 0 Å². The van der Waals surface area contributed by atoms with Gasteiger partial charge < -0.3 is 9.30 Å². The third-order valence-corrected chi connectivity index (χ3v) is 4.73. The third kappa shape index (κ3) is 2.34. The molecule has 0 fully saturated rings. The Hall–Kier alpha value is -3.28. The molecule has 0 bridgehead atoms. The van der Waals surface area contributed by atoms with Crippen LogP contribution in [0.2, 0.25) is 0 Å². The number of aromatic nitrogens is 2. The molecule has 3 aromatic rings. The Labute approximate surface area is 149 Å². The molecule has 26 heavy (non-hydrogen) atoms. The first-order valence-corrected chi connectivity index (χ1v) is 8.37. The maximum atomic E-state index is 12.7. The van der Waals surface area contributed by atoms with Gasteiger partial charge in [-0.3, -0.25) is 19.4 Å². The molecule has 130 valence electrons. The highest BCUT2D eigenvalue weighted by atomic mass is 16.5. The molecule has 0 saturated heterocycles. The predicted octanol–water partition coefficient (Wildman–Crippen LogP) is 2.68. The molecular formula is C20H16N2O4. The molecule has 0 amide bonds. The van der Waals surface area contributed by atoms with Crippen LogP contribution in [0.25, 0.3) is 27.2 Å². The SMILES string of the molecule is CCC(=O)C1=C(COC=O)C(=O)Cn2cc3c(ccc4cccnc43)c21. The van der Waals surface area contributed by atoms with Crippen molar-refractivity contribution in [3.63, 3.8) is 0 Å². The average molecular weight is 348 g/mol. The van der Waals surface area contributed by atoms with Crippen LogP contribution >= 0.6 is 0 Å². The summed E-state index contributed by atoms with van der Waals surface area (Å²) in [4.78, 5) is 40.3. The lowest BCUT2D eigenvalue weighted by atomic mass is 9.92. The minimum absolute atomic E-state index is 0.108. The van der Waals surface area contributed by atoms with E-state index in [0.29, 0.717) is 11.3 Å². The fourth-order valence-corrected chi connectivity index (χ4v) is 3.56. The smallest absolute Gasteiger partial charge is 0.293 e. The van der Waals surface area contributed by atoms with E-state index in [1.54, 1.807) is 17.7 Å². The Morgan fingerprint density at radius 1 is 1.31 bits per heavy atom. The lowest BCUT2D eigenvalue weighted by Crippen LogP contribution is -2.26. The molecule has 0 spiro atoms. The van der Waals surface area contributed by atoms with E-state index in [1.165, 1.54) is 0 Å². The highest BCUT2D eigenvalue weighted by Gasteiger charge is 2.31. The van der Waals surface area contributed by atoms with Gasteiger partial charge in [0.15, 0.2) is 11.6 Å². The molecule has 0 unspecified atom stereocenters. The highest BCUT2D eigenvalue weighted by Crippen LogP contribution is 2.36. The van der Waals surface area contributed by atoms with Crippen molar-refractivity contribution in [2.24, 2.45) is 0 Å². The van der Waals surface area contributed by atoms with Crippen molar-refractivity contribution in [3.05, 3.63) is 47.9 Å². The van der Waals surface area contributed by atoms with Gasteiger partial charge in [0.2, 0.25) is 0 Å². The number of carbonyl (C=O) groups is 3. The number of fused-ring (bicyclic) bond motifs is 5. The average Bonchev–Trinajstić information content (AvgIpc) is 3.03. The van der Waals surface area contributed by atoms with E-state index in [4.69, 9.17) is 4.74 Å². The van der Waals surface area contributed by atoms with E-state index in [-0.39, 0.29) is 43.2 Å². The second-order valence-electron chi connectivity index (χ2n) is 6.17. The standard InChI is InChI=1S/C20H16N2O4/c1-2-16(24)18-15(10-26-11-23)17(25)9-22-8-14-13(20(18)22)6-5-12-4-3-7-21-19(12)14/h3-8,11H,2,9-10H2,1H3. The van der Waals surface area contributed by atoms with Crippen LogP contribution in [0.1, 0.15) is 19.0 Å². The van der Waals surface area contributed by atoms with Gasteiger partial charge in [0.1, 0.15) is 6.61 Å². The lowest BCUT2D eigenvalue weighted by molar-refractivity contribution is -0.128. The number of ether oxygens (including phenoxy) is 1. The number of ketones is 2. The molecular weight excluding hydrogens is 332 g/mol. The van der Waals surface area contributed by atoms with Crippen molar-refractivity contribution in [3.8, 4) is 0 Å². The Morgan fingerprint density at radius 2 is 2.15 bits per heavy atom. The summed E-state index contributed by atoms with van der Waals surface area (Å²) in [5.74, 6) is -0.362. The number of carbonyl (C=O) groups excluding carboxylic acids is 3. The first-order chi connectivity index (χ1) is 12.7. The zero-order valence-corrected chi connectivity index (χ0v) is 14.2. The lowest BCUT2D eigenvalue weighted by Gasteiger charge is -2.21. The molecule has 2 aromatic heterocycles. The molecule has 0 aliphatic carbocycles. The minimum Gasteiger partial charge on any atom is -0.463 e. The molecule has 1 aromatic carbocycles. The fraction of sp³-hybridized carbons (Fsp3) is 0.200. The van der Waals surface area contributed by atoms with Crippen molar-refractivity contribution in [2.75, 3.05) is 6.61 Å². The van der Waals surface area contributed by atoms with E-state index in [0.717, 1.165) is 21.7 Å². The summed E-state index contributed by atoms with van der Waals surface area (Å²) in [6.45, 7) is 1.95. The van der Waals surface area contributed by atoms with Gasteiger partial charge in [0.25, 0.3) is 6.47 Å². The summed E-state index contributed by atoms with van der Waals surface area (Å²) in [7, 11) is 0. The van der Waals surface area contributed by atoms with Crippen molar-refractivity contribution < 1.29 is 19.1 Å². The van der Waals surface area contributed by atoms with Crippen LogP contribution in [-0.2, 0) is 25.7 Å². The molecule has 3 heterocycles. The third-order valence-electron chi connectivity index (χ3n) is 4.73. The Morgan fingerprint density at radius 3 is 2.92 bits per heavy atom. The Balaban J connectivity index is 2.05. The van der Waals surface area contributed by atoms with E-state index in [2.05, 4.69) is 4.98 Å². The maximum Gasteiger partial charge on any atom is 0.293 e. The summed E-state index contributed by atoms with van der Waals surface area (Å²) in [6.07, 6.45) is 3.85. The normalized spacial score (nSPS) is 14.0. The van der Waals surface area contributed by atoms with Crippen LogP contribution in [0.3, 0.4) is 0 Å². The number of Topliss-reactive ketones (excluding diaryl/α,β-unsaturated/α-hetero) is 2. The van der Waals surface area contributed by atoms with Crippen LogP contribution in [0, 0.1) is 0 Å². The summed E-state index contributed by atoms with van der Waals surface area (Å²) < 4.78 is 6.61. The molecule has 1 aliphatic heterocycles. The maximum absolute atomic E-state index is 12.7. The van der Waals surface area contributed by atoms with Crippen molar-refractivity contribution in [1.29, 1.82) is 0 Å². The molecule has 0 atom stereocenters. The Kier molecular flexibility index (Phi) is 3.88. The predicted molar refractivity (Wildman–Crippen MR) is 96.5 cm³/mol. The van der Waals surface area contributed by atoms with E-state index in [1.807, 2.05) is 30.5 Å². The van der Waals surface area contributed by atoms with Crippen molar-refractivity contribution in [1.82, 2.24) is 9.55 Å². The van der Waals surface area contributed by atoms with E-state index in [9.17, 15) is 14.4 Å². The van der Waals surface area contributed by atoms with Gasteiger partial charge in [0, 0.05) is 40.5 Å². The van der Waals surface area contributed by atoms with Crippen molar-refractivity contribution in [2.45, 2.75) is 19.9 Å². The molecule has 0 N–H and O–H groups in total. The van der Waals surface area contributed by atoms with Crippen LogP contribution in [-0.4, -0.2) is 34.2 Å². The highest BCUT2D eigenvalue weighted by molar-refractivity contribution is 6.30. The van der Waals surface area contributed by atoms with Gasteiger partial charge in [-0.15, -0.1) is 0 Å². The Bertz CT molecular complexity index is 1110. The summed E-state index contributed by atoms with van der Waals surface area (Å²) in [6, 6.07) is 7.75. The van der Waals surface area contributed by atoms with E-state index < -0.39 is 0 Å². The largest absolute Gasteiger partial charge is 0.463 e. The van der Waals surface area contributed by atoms with Gasteiger partial charge in [-0.25, -0.2) is 0 Å². The monoisotopic (exact) mass is 348 g/mol. The summed E-state index contributed by atoms with van der Waals surface area (Å²) in [5, 5.41) is 2.75. The first kappa shape index (κ1) is 16.2. The van der Waals surface area contributed by atoms with E-state index >= 15 is 0 Å². The zero-order chi connectivity index (χ0) is 18.3. The van der Waals surface area contributed by atoms with Gasteiger partial charge in [-0.2, -0.15) is 0 Å². The number of hydrogen-bond donors (Lipinski definition) is 0. The molecule has 6 nitrogen and oxygen atoms in total. The molecule has 4 rings (SSSR count). The fourth-order valence-electron chi connectivity index (χ4n) is 3.56. The summed E-state index contributed by atoms with van der Waals surface area (Å²) in [5.41, 5.74) is 2.13. The first-order valence-electron chi connectivity index (χ1n) is 8.37. The van der Waals surface area contributed by atoms with Crippen LogP contribution < -0.4 is 0 Å². The number of allylic oxidation sites excluding steroid dienone is 1. The minimum atomic E-state index is -0.214. The molecule has 6 heteroatoms. The van der Waals surface area contributed by atoms with Gasteiger partial charge >= 0.3 is 0 Å². The zero-order valence-electron chi connectivity index (χ0n) is 14.2. The number of benzene rings is 1. The number of pyridine rings is 1. The molecule has 0 saturated carbocycles. The number of nitrogens with zero attached hydrogens (tertiary/aromatic N) is 2. The van der Waals surface area contributed by atoms with Crippen LogP contribution in [0.15, 0.2) is 42.2 Å². The van der Waals surface area contributed by atoms with Gasteiger partial charge in [0.05, 0.1) is 23.3 Å². The summed E-state index contributed by atoms with van der Waals surface area (Å²) >= 11 is 0. The second kappa shape index (κ2) is 6.22. The van der Waals surface area contributed by atoms with Gasteiger partial charge in [-0.05, 0) is 6.07 Å². The quantitative estimate of drug-likeness (QED) is 0.663. The molecule has 1 aliphatic rings. The number of hydrogen-bond acceptors (Lipinski definition) is 5. The van der Waals surface area contributed by atoms with Crippen molar-refractivity contribution >= 4 is 45.3 Å². The topological polar surface area (TPSA) is 78.3 Å². The number of rotatable bonds is 5. The van der Waals surface area contributed by atoms with Crippen LogP contribution in [0.4, 0.5) is 0 Å².